The lowest BCUT2D eigenvalue weighted by molar-refractivity contribution is 0.0472. The van der Waals surface area contributed by atoms with Gasteiger partial charge in [-0.3, -0.25) is 4.79 Å². The SMILES string of the molecule is CN(C(=O)c1cccc(N)c1Br)C(C)(C)CO. The molecule has 0 unspecified atom stereocenters. The largest absolute Gasteiger partial charge is 0.398 e. The van der Waals surface area contributed by atoms with Crippen molar-refractivity contribution >= 4 is 27.5 Å². The van der Waals surface area contributed by atoms with Gasteiger partial charge in [0.05, 0.1) is 22.2 Å². The summed E-state index contributed by atoms with van der Waals surface area (Å²) in [4.78, 5) is 13.8. The topological polar surface area (TPSA) is 66.6 Å². The Morgan fingerprint density at radius 3 is 2.65 bits per heavy atom. The van der Waals surface area contributed by atoms with Crippen molar-refractivity contribution in [3.8, 4) is 0 Å². The first-order valence-corrected chi connectivity index (χ1v) is 6.03. The van der Waals surface area contributed by atoms with Gasteiger partial charge in [0.2, 0.25) is 0 Å². The van der Waals surface area contributed by atoms with Gasteiger partial charge in [-0.05, 0) is 41.9 Å². The number of rotatable bonds is 3. The minimum atomic E-state index is -0.610. The Kier molecular flexibility index (Phi) is 4.16. The minimum absolute atomic E-state index is 0.102. The number of nitrogens with zero attached hydrogens (tertiary/aromatic N) is 1. The molecule has 5 heteroatoms. The fourth-order valence-corrected chi connectivity index (χ4v) is 1.71. The third-order valence-corrected chi connectivity index (χ3v) is 3.74. The monoisotopic (exact) mass is 300 g/mol. The molecule has 3 N–H and O–H groups in total. The summed E-state index contributed by atoms with van der Waals surface area (Å²) in [6, 6.07) is 5.15. The lowest BCUT2D eigenvalue weighted by Crippen LogP contribution is -2.47. The van der Waals surface area contributed by atoms with Gasteiger partial charge in [0, 0.05) is 12.7 Å². The molecule has 0 spiro atoms. The van der Waals surface area contributed by atoms with Crippen molar-refractivity contribution in [2.45, 2.75) is 19.4 Å². The van der Waals surface area contributed by atoms with Crippen LogP contribution >= 0.6 is 15.9 Å². The molecule has 94 valence electrons. The van der Waals surface area contributed by atoms with E-state index < -0.39 is 5.54 Å². The van der Waals surface area contributed by atoms with Gasteiger partial charge in [0.1, 0.15) is 0 Å². The molecule has 0 bridgehead atoms. The first-order valence-electron chi connectivity index (χ1n) is 5.24. The molecule has 17 heavy (non-hydrogen) atoms. The van der Waals surface area contributed by atoms with Crippen LogP contribution in [0.3, 0.4) is 0 Å². The molecule has 0 heterocycles. The zero-order valence-corrected chi connectivity index (χ0v) is 11.8. The van der Waals surface area contributed by atoms with Crippen LogP contribution < -0.4 is 5.73 Å². The molecule has 0 radical (unpaired) electrons. The van der Waals surface area contributed by atoms with Gasteiger partial charge < -0.3 is 15.7 Å². The second kappa shape index (κ2) is 5.06. The maximum absolute atomic E-state index is 12.3. The lowest BCUT2D eigenvalue weighted by Gasteiger charge is -2.34. The number of halogens is 1. The van der Waals surface area contributed by atoms with Gasteiger partial charge >= 0.3 is 0 Å². The van der Waals surface area contributed by atoms with E-state index in [2.05, 4.69) is 15.9 Å². The van der Waals surface area contributed by atoms with Crippen molar-refractivity contribution in [1.29, 1.82) is 0 Å². The van der Waals surface area contributed by atoms with Crippen LogP contribution in [-0.4, -0.2) is 35.1 Å². The van der Waals surface area contributed by atoms with Crippen molar-refractivity contribution in [1.82, 2.24) is 4.90 Å². The predicted octanol–water partition coefficient (Wildman–Crippen LogP) is 1.87. The molecule has 1 aromatic rings. The number of carbonyl (C=O) groups is 1. The van der Waals surface area contributed by atoms with Gasteiger partial charge in [0.25, 0.3) is 5.91 Å². The zero-order valence-electron chi connectivity index (χ0n) is 10.2. The summed E-state index contributed by atoms with van der Waals surface area (Å²) in [6.07, 6.45) is 0. The summed E-state index contributed by atoms with van der Waals surface area (Å²) in [5.41, 5.74) is 6.14. The molecule has 0 atom stereocenters. The average Bonchev–Trinajstić information content (AvgIpc) is 2.30. The Morgan fingerprint density at radius 2 is 2.12 bits per heavy atom. The Morgan fingerprint density at radius 1 is 1.53 bits per heavy atom. The Bertz CT molecular complexity index is 433. The van der Waals surface area contributed by atoms with Gasteiger partial charge in [-0.2, -0.15) is 0 Å². The maximum atomic E-state index is 12.3. The van der Waals surface area contributed by atoms with E-state index in [0.29, 0.717) is 15.7 Å². The number of anilines is 1. The third-order valence-electron chi connectivity index (χ3n) is 2.86. The molecular weight excluding hydrogens is 284 g/mol. The van der Waals surface area contributed by atoms with Crippen molar-refractivity contribution in [2.75, 3.05) is 19.4 Å². The number of benzene rings is 1. The molecule has 0 aliphatic heterocycles. The summed E-state index contributed by atoms with van der Waals surface area (Å²) in [5, 5.41) is 9.25. The Balaban J connectivity index is 3.09. The molecule has 1 aromatic carbocycles. The standard InChI is InChI=1S/C12H17BrN2O2/c1-12(2,7-16)15(3)11(17)8-5-4-6-9(14)10(8)13/h4-6,16H,7,14H2,1-3H3. The summed E-state index contributed by atoms with van der Waals surface area (Å²) in [6.45, 7) is 3.49. The molecule has 0 saturated heterocycles. The van der Waals surface area contributed by atoms with Gasteiger partial charge in [-0.15, -0.1) is 0 Å². The molecule has 1 rings (SSSR count). The van der Waals surface area contributed by atoms with E-state index in [1.165, 1.54) is 4.90 Å². The van der Waals surface area contributed by atoms with Crippen LogP contribution in [0.1, 0.15) is 24.2 Å². The molecule has 0 aliphatic rings. The van der Waals surface area contributed by atoms with Gasteiger partial charge in [0.15, 0.2) is 0 Å². The highest BCUT2D eigenvalue weighted by atomic mass is 79.9. The highest BCUT2D eigenvalue weighted by molar-refractivity contribution is 9.10. The van der Waals surface area contributed by atoms with E-state index in [-0.39, 0.29) is 12.5 Å². The smallest absolute Gasteiger partial charge is 0.255 e. The fraction of sp³-hybridized carbons (Fsp3) is 0.417. The zero-order chi connectivity index (χ0) is 13.2. The molecule has 0 saturated carbocycles. The Hall–Kier alpha value is -1.07. The number of likely N-dealkylation sites (N-methyl/N-ethyl adjacent to an activating group) is 1. The molecule has 0 aliphatic carbocycles. The van der Waals surface area contributed by atoms with E-state index >= 15 is 0 Å². The quantitative estimate of drug-likeness (QED) is 0.838. The van der Waals surface area contributed by atoms with Crippen molar-refractivity contribution < 1.29 is 9.90 Å². The number of aliphatic hydroxyl groups excluding tert-OH is 1. The van der Waals surface area contributed by atoms with Crippen LogP contribution in [0.4, 0.5) is 5.69 Å². The summed E-state index contributed by atoms with van der Waals surface area (Å²) in [7, 11) is 1.66. The first-order chi connectivity index (χ1) is 7.81. The predicted molar refractivity (Wildman–Crippen MR) is 71.8 cm³/mol. The number of aliphatic hydroxyl groups is 1. The van der Waals surface area contributed by atoms with Crippen LogP contribution in [0.25, 0.3) is 0 Å². The summed E-state index contributed by atoms with van der Waals surface area (Å²) in [5.74, 6) is -0.178. The van der Waals surface area contributed by atoms with Crippen LogP contribution in [0.2, 0.25) is 0 Å². The van der Waals surface area contributed by atoms with Gasteiger partial charge in [-0.25, -0.2) is 0 Å². The average molecular weight is 301 g/mol. The number of amides is 1. The van der Waals surface area contributed by atoms with Crippen LogP contribution in [0, 0.1) is 0 Å². The molecule has 1 amide bonds. The number of nitrogens with two attached hydrogens (primary N) is 1. The van der Waals surface area contributed by atoms with E-state index in [4.69, 9.17) is 5.73 Å². The van der Waals surface area contributed by atoms with Crippen LogP contribution in [0.15, 0.2) is 22.7 Å². The highest BCUT2D eigenvalue weighted by Gasteiger charge is 2.28. The van der Waals surface area contributed by atoms with E-state index in [1.807, 2.05) is 0 Å². The second-order valence-corrected chi connectivity index (χ2v) is 5.34. The van der Waals surface area contributed by atoms with Crippen molar-refractivity contribution in [3.63, 3.8) is 0 Å². The van der Waals surface area contributed by atoms with Crippen molar-refractivity contribution in [3.05, 3.63) is 28.2 Å². The van der Waals surface area contributed by atoms with Crippen LogP contribution in [0.5, 0.6) is 0 Å². The van der Waals surface area contributed by atoms with Gasteiger partial charge in [-0.1, -0.05) is 6.07 Å². The Labute approximate surface area is 110 Å². The third kappa shape index (κ3) is 2.79. The van der Waals surface area contributed by atoms with Crippen LogP contribution in [-0.2, 0) is 0 Å². The number of hydrogen-bond acceptors (Lipinski definition) is 3. The molecule has 0 aromatic heterocycles. The fourth-order valence-electron chi connectivity index (χ4n) is 1.28. The minimum Gasteiger partial charge on any atom is -0.398 e. The summed E-state index contributed by atoms with van der Waals surface area (Å²) < 4.78 is 0.589. The van der Waals surface area contributed by atoms with E-state index in [9.17, 15) is 9.90 Å². The summed E-state index contributed by atoms with van der Waals surface area (Å²) >= 11 is 3.30. The van der Waals surface area contributed by atoms with E-state index in [0.717, 1.165) is 0 Å². The molecule has 0 fully saturated rings. The normalized spacial score (nSPS) is 11.4. The lowest BCUT2D eigenvalue weighted by atomic mass is 10.0. The second-order valence-electron chi connectivity index (χ2n) is 4.54. The highest BCUT2D eigenvalue weighted by Crippen LogP contribution is 2.26. The maximum Gasteiger partial charge on any atom is 0.255 e. The number of hydrogen-bond donors (Lipinski definition) is 2. The van der Waals surface area contributed by atoms with Crippen molar-refractivity contribution in [2.24, 2.45) is 0 Å². The number of nitrogen functional groups attached to an aromatic ring is 1. The van der Waals surface area contributed by atoms with E-state index in [1.54, 1.807) is 39.1 Å². The molecular formula is C12H17BrN2O2. The first kappa shape index (κ1) is 14.0. The molecule has 4 nitrogen and oxygen atoms in total. The number of carbonyl (C=O) groups excluding carboxylic acids is 1.